The largest absolute Gasteiger partial charge is 0.458 e. The molecule has 1 aromatic rings. The fraction of sp³-hybridized carbons (Fsp3) is 0.694. The molecule has 7 atom stereocenters. The molecule has 1 aliphatic rings. The highest BCUT2D eigenvalue weighted by atomic mass is 16.7. The zero-order valence-electron chi connectivity index (χ0n) is 30.8. The standard InChI is InChI=1S/C36H55N3O12/c1-8-9-10-11-12-16-19-26(48-33(44)24-17-14-13-15-18-24)25(38-39-37)20-47-34-31(43)30(42)32(46-23-29(41)51-36(5,6)7)27(49-34)21-45-22-28(40)50-35(2,3)4/h13-19,25-27,30-32,34,42-43H,8-12,20-23H2,1-7H3/b19-16+/t25-,26+,27+,30+,31+,32-,34-/m0/s1. The number of hydrogen-bond acceptors (Lipinski definition) is 13. The molecule has 1 aliphatic heterocycles. The molecule has 51 heavy (non-hydrogen) atoms. The van der Waals surface area contributed by atoms with E-state index in [2.05, 4.69) is 16.9 Å². The van der Waals surface area contributed by atoms with Crippen LogP contribution in [0.5, 0.6) is 0 Å². The van der Waals surface area contributed by atoms with Crippen LogP contribution in [-0.4, -0.2) is 109 Å². The van der Waals surface area contributed by atoms with Crippen LogP contribution in [0.4, 0.5) is 0 Å². The van der Waals surface area contributed by atoms with E-state index in [1.54, 1.807) is 78.0 Å². The van der Waals surface area contributed by atoms with Crippen LogP contribution in [0.2, 0.25) is 0 Å². The number of benzene rings is 1. The van der Waals surface area contributed by atoms with Crippen molar-refractivity contribution in [1.82, 2.24) is 0 Å². The Hall–Kier alpha value is -3.56. The lowest BCUT2D eigenvalue weighted by Gasteiger charge is -2.42. The number of rotatable bonds is 20. The Morgan fingerprint density at radius 2 is 1.59 bits per heavy atom. The molecule has 0 saturated carbocycles. The first-order valence-corrected chi connectivity index (χ1v) is 17.3. The highest BCUT2D eigenvalue weighted by molar-refractivity contribution is 5.89. The highest BCUT2D eigenvalue weighted by Crippen LogP contribution is 2.26. The van der Waals surface area contributed by atoms with Gasteiger partial charge < -0.3 is 43.4 Å². The van der Waals surface area contributed by atoms with Crippen LogP contribution in [0, 0.1) is 0 Å². The van der Waals surface area contributed by atoms with Gasteiger partial charge in [-0.1, -0.05) is 55.6 Å². The molecular formula is C36H55N3O12. The number of aliphatic hydroxyl groups is 2. The molecule has 0 aliphatic carbocycles. The molecule has 2 rings (SSSR count). The SMILES string of the molecule is CCCCCC/C=C/[C@@H](OC(=O)c1ccccc1)[C@H](CO[C@H]1O[C@H](COCC(=O)OC(C)(C)C)[C@H](OCC(=O)OC(C)(C)C)[C@H](O)[C@H]1O)N=[N+]=[N-]. The second-order valence-electron chi connectivity index (χ2n) is 14.1. The van der Waals surface area contributed by atoms with Crippen molar-refractivity contribution in [3.63, 3.8) is 0 Å². The maximum Gasteiger partial charge on any atom is 0.338 e. The van der Waals surface area contributed by atoms with Crippen LogP contribution >= 0.6 is 0 Å². The third-order valence-electron chi connectivity index (χ3n) is 7.19. The number of azide groups is 1. The first-order chi connectivity index (χ1) is 24.0. The molecule has 1 saturated heterocycles. The summed E-state index contributed by atoms with van der Waals surface area (Å²) in [7, 11) is 0. The second kappa shape index (κ2) is 21.7. The van der Waals surface area contributed by atoms with Crippen molar-refractivity contribution >= 4 is 17.9 Å². The molecule has 15 heteroatoms. The molecule has 0 spiro atoms. The van der Waals surface area contributed by atoms with E-state index in [1.807, 2.05) is 6.08 Å². The molecule has 0 aromatic heterocycles. The van der Waals surface area contributed by atoms with Crippen LogP contribution in [0.1, 0.15) is 90.9 Å². The number of carbonyl (C=O) groups is 3. The molecule has 1 fully saturated rings. The van der Waals surface area contributed by atoms with Gasteiger partial charge in [0, 0.05) is 4.91 Å². The van der Waals surface area contributed by atoms with Crippen LogP contribution in [0.3, 0.4) is 0 Å². The molecule has 0 amide bonds. The Morgan fingerprint density at radius 3 is 2.20 bits per heavy atom. The number of unbranched alkanes of at least 4 members (excludes halogenated alkanes) is 4. The lowest BCUT2D eigenvalue weighted by molar-refractivity contribution is -0.309. The summed E-state index contributed by atoms with van der Waals surface area (Å²) < 4.78 is 39.3. The van der Waals surface area contributed by atoms with Crippen LogP contribution < -0.4 is 0 Å². The van der Waals surface area contributed by atoms with E-state index in [1.165, 1.54) is 0 Å². The minimum atomic E-state index is -1.71. The zero-order chi connectivity index (χ0) is 38.0. The van der Waals surface area contributed by atoms with Crippen LogP contribution in [0.15, 0.2) is 47.6 Å². The van der Waals surface area contributed by atoms with Gasteiger partial charge in [-0.15, -0.1) is 0 Å². The topological polar surface area (TPSA) is 205 Å². The molecule has 1 heterocycles. The quantitative estimate of drug-likeness (QED) is 0.0349. The average molecular weight is 722 g/mol. The molecule has 0 radical (unpaired) electrons. The number of allylic oxidation sites excluding steroid dienone is 1. The highest BCUT2D eigenvalue weighted by Gasteiger charge is 2.47. The van der Waals surface area contributed by atoms with Gasteiger partial charge in [0.15, 0.2) is 6.29 Å². The van der Waals surface area contributed by atoms with E-state index in [4.69, 9.17) is 33.2 Å². The van der Waals surface area contributed by atoms with Gasteiger partial charge in [0.25, 0.3) is 0 Å². The molecule has 0 unspecified atom stereocenters. The minimum absolute atomic E-state index is 0.292. The van der Waals surface area contributed by atoms with Gasteiger partial charge in [0.2, 0.25) is 0 Å². The van der Waals surface area contributed by atoms with Crippen LogP contribution in [-0.2, 0) is 42.7 Å². The fourth-order valence-corrected chi connectivity index (χ4v) is 4.93. The normalized spacial score (nSPS) is 22.1. The van der Waals surface area contributed by atoms with Gasteiger partial charge in [0.05, 0.1) is 18.8 Å². The Labute approximate surface area is 300 Å². The Morgan fingerprint density at radius 1 is 0.941 bits per heavy atom. The van der Waals surface area contributed by atoms with Gasteiger partial charge in [-0.3, -0.25) is 0 Å². The first kappa shape index (κ1) is 43.6. The average Bonchev–Trinajstić information content (AvgIpc) is 3.04. The third-order valence-corrected chi connectivity index (χ3v) is 7.19. The van der Waals surface area contributed by atoms with Gasteiger partial charge >= 0.3 is 17.9 Å². The van der Waals surface area contributed by atoms with Crippen LogP contribution in [0.25, 0.3) is 10.4 Å². The number of hydrogen-bond donors (Lipinski definition) is 2. The molecular weight excluding hydrogens is 666 g/mol. The summed E-state index contributed by atoms with van der Waals surface area (Å²) in [4.78, 5) is 40.5. The Balaban J connectivity index is 2.24. The van der Waals surface area contributed by atoms with E-state index in [0.29, 0.717) is 12.0 Å². The fourth-order valence-electron chi connectivity index (χ4n) is 4.93. The van der Waals surface area contributed by atoms with E-state index < -0.39 is 91.8 Å². The van der Waals surface area contributed by atoms with Crippen molar-refractivity contribution in [1.29, 1.82) is 0 Å². The van der Waals surface area contributed by atoms with E-state index in [9.17, 15) is 30.1 Å². The van der Waals surface area contributed by atoms with Gasteiger partial charge in [-0.2, -0.15) is 0 Å². The lowest BCUT2D eigenvalue weighted by atomic mass is 9.99. The number of ether oxygens (including phenoxy) is 7. The number of carbonyl (C=O) groups excluding carboxylic acids is 3. The van der Waals surface area contributed by atoms with E-state index >= 15 is 0 Å². The number of aliphatic hydroxyl groups excluding tert-OH is 2. The zero-order valence-corrected chi connectivity index (χ0v) is 30.8. The van der Waals surface area contributed by atoms with Gasteiger partial charge in [0.1, 0.15) is 61.0 Å². The van der Waals surface area contributed by atoms with Crippen molar-refractivity contribution in [3.8, 4) is 0 Å². The summed E-state index contributed by atoms with van der Waals surface area (Å²) in [5.41, 5.74) is 8.16. The molecule has 1 aromatic carbocycles. The van der Waals surface area contributed by atoms with E-state index in [-0.39, 0.29) is 6.61 Å². The number of nitrogens with zero attached hydrogens (tertiary/aromatic N) is 3. The molecule has 15 nitrogen and oxygen atoms in total. The smallest absolute Gasteiger partial charge is 0.338 e. The van der Waals surface area contributed by atoms with E-state index in [0.717, 1.165) is 25.7 Å². The van der Waals surface area contributed by atoms with Crippen molar-refractivity contribution in [2.45, 2.75) is 135 Å². The van der Waals surface area contributed by atoms with Crippen molar-refractivity contribution in [2.24, 2.45) is 5.11 Å². The summed E-state index contributed by atoms with van der Waals surface area (Å²) in [6.45, 7) is 10.5. The summed E-state index contributed by atoms with van der Waals surface area (Å²) in [5, 5.41) is 26.0. The predicted octanol–water partition coefficient (Wildman–Crippen LogP) is 4.97. The van der Waals surface area contributed by atoms with Gasteiger partial charge in [-0.05, 0) is 78.1 Å². The maximum atomic E-state index is 13.0. The number of esters is 3. The Kier molecular flexibility index (Phi) is 18.6. The molecule has 286 valence electrons. The summed E-state index contributed by atoms with van der Waals surface area (Å²) in [6, 6.07) is 7.21. The van der Waals surface area contributed by atoms with Crippen molar-refractivity contribution in [2.75, 3.05) is 26.4 Å². The monoisotopic (exact) mass is 721 g/mol. The third kappa shape index (κ3) is 17.0. The van der Waals surface area contributed by atoms with Crippen molar-refractivity contribution < 1.29 is 57.8 Å². The lowest BCUT2D eigenvalue weighted by Crippen LogP contribution is -2.61. The predicted molar refractivity (Wildman–Crippen MR) is 185 cm³/mol. The summed E-state index contributed by atoms with van der Waals surface area (Å²) in [6.07, 6.45) is -0.108. The minimum Gasteiger partial charge on any atom is -0.458 e. The molecule has 0 bridgehead atoms. The first-order valence-electron chi connectivity index (χ1n) is 17.3. The van der Waals surface area contributed by atoms with Crippen molar-refractivity contribution in [3.05, 3.63) is 58.5 Å². The molecule has 2 N–H and O–H groups in total. The maximum absolute atomic E-state index is 13.0. The second-order valence-corrected chi connectivity index (χ2v) is 14.1. The summed E-state index contributed by atoms with van der Waals surface area (Å²) >= 11 is 0. The van der Waals surface area contributed by atoms with Gasteiger partial charge in [-0.25, -0.2) is 14.4 Å². The Bertz CT molecular complexity index is 1290. The summed E-state index contributed by atoms with van der Waals surface area (Å²) in [5.74, 6) is -2.02.